The highest BCUT2D eigenvalue weighted by atomic mass is 15.1. The molecule has 3 heterocycles. The van der Waals surface area contributed by atoms with Crippen molar-refractivity contribution in [3.05, 3.63) is 249 Å². The second kappa shape index (κ2) is 15.0. The van der Waals surface area contributed by atoms with Crippen LogP contribution in [-0.4, -0.2) is 13.7 Å². The van der Waals surface area contributed by atoms with E-state index in [1.54, 1.807) is 0 Å². The minimum atomic E-state index is 1.09. The van der Waals surface area contributed by atoms with Crippen LogP contribution < -0.4 is 0 Å². The van der Waals surface area contributed by atoms with E-state index in [0.717, 1.165) is 39.2 Å². The maximum Gasteiger partial charge on any atom is 0.0789 e. The first-order chi connectivity index (χ1) is 32.3. The fourth-order valence-corrected chi connectivity index (χ4v) is 10.4. The molecule has 0 atom stereocenters. The molecule has 0 fully saturated rings. The number of para-hydroxylation sites is 3. The summed E-state index contributed by atoms with van der Waals surface area (Å²) >= 11 is 0. The van der Waals surface area contributed by atoms with Gasteiger partial charge in [0, 0.05) is 49.6 Å². The Morgan fingerprint density at radius 3 is 1.32 bits per heavy atom. The molecule has 10 aromatic carbocycles. The summed E-state index contributed by atoms with van der Waals surface area (Å²) in [7, 11) is 0. The molecule has 0 unspecified atom stereocenters. The second-order valence-electron chi connectivity index (χ2n) is 16.9. The zero-order chi connectivity index (χ0) is 42.8. The number of benzene rings is 10. The summed E-state index contributed by atoms with van der Waals surface area (Å²) < 4.78 is 7.52. The van der Waals surface area contributed by atoms with Gasteiger partial charge in [0.15, 0.2) is 0 Å². The average molecular weight is 828 g/mol. The van der Waals surface area contributed by atoms with Crippen LogP contribution in [0.1, 0.15) is 0 Å². The van der Waals surface area contributed by atoms with Gasteiger partial charge in [-0.15, -0.1) is 0 Å². The molecule has 3 nitrogen and oxygen atoms in total. The Labute approximate surface area is 376 Å². The third-order valence-electron chi connectivity index (χ3n) is 13.2. The minimum Gasteiger partial charge on any atom is -0.309 e. The Hall–Kier alpha value is -8.66. The Kier molecular flexibility index (Phi) is 8.53. The first kappa shape index (κ1) is 36.9. The molecule has 0 aliphatic rings. The van der Waals surface area contributed by atoms with Crippen LogP contribution >= 0.6 is 0 Å². The van der Waals surface area contributed by atoms with Crippen molar-refractivity contribution in [3.8, 4) is 61.7 Å². The quantitative estimate of drug-likeness (QED) is 0.152. The van der Waals surface area contributed by atoms with E-state index in [1.807, 2.05) is 0 Å². The Morgan fingerprint density at radius 2 is 0.677 bits per heavy atom. The van der Waals surface area contributed by atoms with Crippen molar-refractivity contribution in [1.82, 2.24) is 13.7 Å². The van der Waals surface area contributed by atoms with E-state index >= 15 is 0 Å². The predicted octanol–water partition coefficient (Wildman–Crippen LogP) is 16.5. The number of hydrogen-bond acceptors (Lipinski definition) is 0. The first-order valence-corrected chi connectivity index (χ1v) is 22.4. The second-order valence-corrected chi connectivity index (χ2v) is 16.9. The molecule has 0 saturated heterocycles. The van der Waals surface area contributed by atoms with Crippen LogP contribution in [0.4, 0.5) is 0 Å². The summed E-state index contributed by atoms with van der Waals surface area (Å²) in [6, 6.07) is 90.8. The van der Waals surface area contributed by atoms with Gasteiger partial charge in [0.1, 0.15) is 0 Å². The van der Waals surface area contributed by atoms with Crippen molar-refractivity contribution in [2.75, 3.05) is 0 Å². The molecule has 3 aromatic heterocycles. The number of rotatable bonds is 7. The van der Waals surface area contributed by atoms with Crippen molar-refractivity contribution in [2.24, 2.45) is 0 Å². The topological polar surface area (TPSA) is 14.8 Å². The average Bonchev–Trinajstić information content (AvgIpc) is 4.03. The van der Waals surface area contributed by atoms with Crippen LogP contribution in [0.15, 0.2) is 249 Å². The highest BCUT2D eigenvalue weighted by Crippen LogP contribution is 2.48. The SMILES string of the molecule is c1ccc(-c2cc(-n3c4ccccc4c4cc(-c5ccccc5)ccc43)cc(-n3c4ccccc4c4ccc5c(-c6ccccc6)c(-c6ccccc6)n(-c6ccccc6)c5c43)c2)cc1. The maximum atomic E-state index is 2.54. The fraction of sp³-hybridized carbons (Fsp3) is 0. The van der Waals surface area contributed by atoms with Gasteiger partial charge in [-0.1, -0.05) is 194 Å². The van der Waals surface area contributed by atoms with Gasteiger partial charge in [0.2, 0.25) is 0 Å². The predicted molar refractivity (Wildman–Crippen MR) is 274 cm³/mol. The molecule has 0 N–H and O–H groups in total. The summed E-state index contributed by atoms with van der Waals surface area (Å²) in [6.07, 6.45) is 0. The summed E-state index contributed by atoms with van der Waals surface area (Å²) in [5.74, 6) is 0. The van der Waals surface area contributed by atoms with Gasteiger partial charge >= 0.3 is 0 Å². The number of nitrogens with zero attached hydrogens (tertiary/aromatic N) is 3. The smallest absolute Gasteiger partial charge is 0.0789 e. The Bertz CT molecular complexity index is 3900. The fourth-order valence-electron chi connectivity index (χ4n) is 10.4. The van der Waals surface area contributed by atoms with Gasteiger partial charge in [0.05, 0.1) is 33.3 Å². The molecule has 304 valence electrons. The monoisotopic (exact) mass is 827 g/mol. The third kappa shape index (κ3) is 5.90. The van der Waals surface area contributed by atoms with Crippen molar-refractivity contribution in [1.29, 1.82) is 0 Å². The first-order valence-electron chi connectivity index (χ1n) is 22.4. The lowest BCUT2D eigenvalue weighted by molar-refractivity contribution is 1.11. The molecule has 0 aliphatic heterocycles. The molecule has 0 amide bonds. The highest BCUT2D eigenvalue weighted by Gasteiger charge is 2.26. The molecule has 0 spiro atoms. The van der Waals surface area contributed by atoms with Crippen molar-refractivity contribution in [2.45, 2.75) is 0 Å². The van der Waals surface area contributed by atoms with Crippen molar-refractivity contribution >= 4 is 54.5 Å². The number of aromatic nitrogens is 3. The van der Waals surface area contributed by atoms with E-state index in [2.05, 4.69) is 262 Å². The lowest BCUT2D eigenvalue weighted by atomic mass is 9.98. The molecule has 0 radical (unpaired) electrons. The van der Waals surface area contributed by atoms with Crippen LogP contribution in [0.3, 0.4) is 0 Å². The van der Waals surface area contributed by atoms with Gasteiger partial charge < -0.3 is 13.7 Å². The van der Waals surface area contributed by atoms with E-state index in [9.17, 15) is 0 Å². The zero-order valence-electron chi connectivity index (χ0n) is 35.5. The van der Waals surface area contributed by atoms with Gasteiger partial charge in [-0.3, -0.25) is 0 Å². The van der Waals surface area contributed by atoms with Crippen LogP contribution in [0.2, 0.25) is 0 Å². The van der Waals surface area contributed by atoms with Gasteiger partial charge in [-0.2, -0.15) is 0 Å². The lowest BCUT2D eigenvalue weighted by Gasteiger charge is -2.17. The standard InChI is InChI=1S/C62H41N3/c1-6-20-42(21-7-1)46-34-37-58-55(40-46)52-31-17-18-32-56(52)63(58)49-38-47(43-22-8-2-9-23-43)39-50(41-49)64-57-33-19-16-30-51(57)53-35-36-54-59(44-24-10-3-11-25-44)60(45-26-12-4-13-27-45)65(62(54)61(53)64)48-28-14-5-15-29-48/h1-41H. The summed E-state index contributed by atoms with van der Waals surface area (Å²) in [6.45, 7) is 0. The summed E-state index contributed by atoms with van der Waals surface area (Å²) in [5.41, 5.74) is 18.6. The van der Waals surface area contributed by atoms with E-state index in [0.29, 0.717) is 0 Å². The summed E-state index contributed by atoms with van der Waals surface area (Å²) in [5, 5.41) is 6.08. The van der Waals surface area contributed by atoms with Crippen LogP contribution in [-0.2, 0) is 0 Å². The van der Waals surface area contributed by atoms with E-state index in [4.69, 9.17) is 0 Å². The largest absolute Gasteiger partial charge is 0.309 e. The molecular formula is C62H41N3. The molecular weight excluding hydrogens is 787 g/mol. The molecule has 65 heavy (non-hydrogen) atoms. The van der Waals surface area contributed by atoms with Crippen LogP contribution in [0, 0.1) is 0 Å². The normalized spacial score (nSPS) is 11.7. The van der Waals surface area contributed by atoms with E-state index < -0.39 is 0 Å². The maximum absolute atomic E-state index is 2.54. The Morgan fingerprint density at radius 1 is 0.215 bits per heavy atom. The molecule has 0 aliphatic carbocycles. The van der Waals surface area contributed by atoms with Gasteiger partial charge in [-0.05, 0) is 88.0 Å². The number of fused-ring (bicyclic) bond motifs is 8. The van der Waals surface area contributed by atoms with E-state index in [1.165, 1.54) is 77.0 Å². The van der Waals surface area contributed by atoms with E-state index in [-0.39, 0.29) is 0 Å². The summed E-state index contributed by atoms with van der Waals surface area (Å²) in [4.78, 5) is 0. The third-order valence-corrected chi connectivity index (χ3v) is 13.2. The van der Waals surface area contributed by atoms with Gasteiger partial charge in [-0.25, -0.2) is 0 Å². The molecule has 13 aromatic rings. The highest BCUT2D eigenvalue weighted by molar-refractivity contribution is 6.22. The van der Waals surface area contributed by atoms with Crippen LogP contribution in [0.5, 0.6) is 0 Å². The molecule has 0 bridgehead atoms. The van der Waals surface area contributed by atoms with Crippen molar-refractivity contribution in [3.63, 3.8) is 0 Å². The zero-order valence-corrected chi connectivity index (χ0v) is 35.5. The molecule has 13 rings (SSSR count). The molecule has 0 saturated carbocycles. The van der Waals surface area contributed by atoms with Gasteiger partial charge in [0.25, 0.3) is 0 Å². The van der Waals surface area contributed by atoms with Crippen LogP contribution in [0.25, 0.3) is 116 Å². The lowest BCUT2D eigenvalue weighted by Crippen LogP contribution is -2.02. The molecule has 3 heteroatoms. The number of hydrogen-bond donors (Lipinski definition) is 0. The minimum absolute atomic E-state index is 1.09. The Balaban J connectivity index is 1.18. The van der Waals surface area contributed by atoms with Crippen molar-refractivity contribution < 1.29 is 0 Å².